The first-order chi connectivity index (χ1) is 5.78. The van der Waals surface area contributed by atoms with Crippen molar-refractivity contribution in [3.8, 4) is 0 Å². The van der Waals surface area contributed by atoms with Gasteiger partial charge in [-0.3, -0.25) is 4.99 Å². The lowest BCUT2D eigenvalue weighted by Crippen LogP contribution is -2.35. The molecule has 0 atom stereocenters. The lowest BCUT2D eigenvalue weighted by molar-refractivity contribution is 0.365. The highest BCUT2D eigenvalue weighted by molar-refractivity contribution is 5.82. The molecular weight excluding hydrogens is 160 g/mol. The van der Waals surface area contributed by atoms with Crippen molar-refractivity contribution in [3.63, 3.8) is 0 Å². The van der Waals surface area contributed by atoms with Crippen molar-refractivity contribution in [3.05, 3.63) is 0 Å². The Bertz CT molecular complexity index is 175. The van der Waals surface area contributed by atoms with Crippen LogP contribution in [0.25, 0.3) is 0 Å². The highest BCUT2D eigenvalue weighted by atomic mass is 15.2. The third-order valence-electron chi connectivity index (χ3n) is 2.13. The Balaban J connectivity index is 4.38. The summed E-state index contributed by atoms with van der Waals surface area (Å²) in [7, 11) is 3.98. The van der Waals surface area contributed by atoms with Gasteiger partial charge in [-0.15, -0.1) is 0 Å². The first kappa shape index (κ1) is 12.5. The third-order valence-corrected chi connectivity index (χ3v) is 2.13. The fourth-order valence-electron chi connectivity index (χ4n) is 1.13. The summed E-state index contributed by atoms with van der Waals surface area (Å²) in [5.41, 5.74) is 0.317. The number of rotatable bonds is 2. The summed E-state index contributed by atoms with van der Waals surface area (Å²) in [5.74, 6) is 1.20. The fraction of sp³-hybridized carbons (Fsp3) is 0.909. The van der Waals surface area contributed by atoms with Gasteiger partial charge in [-0.25, -0.2) is 0 Å². The predicted octanol–water partition coefficient (Wildman–Crippen LogP) is 2.79. The molecule has 0 aliphatic heterocycles. The van der Waals surface area contributed by atoms with Gasteiger partial charge in [0.1, 0.15) is 0 Å². The zero-order valence-corrected chi connectivity index (χ0v) is 10.2. The minimum Gasteiger partial charge on any atom is -0.361 e. The van der Waals surface area contributed by atoms with Crippen LogP contribution < -0.4 is 0 Å². The van der Waals surface area contributed by atoms with Gasteiger partial charge < -0.3 is 4.90 Å². The number of nitrogens with zero attached hydrogens (tertiary/aromatic N) is 2. The molecule has 13 heavy (non-hydrogen) atoms. The Morgan fingerprint density at radius 3 is 2.00 bits per heavy atom. The summed E-state index contributed by atoms with van der Waals surface area (Å²) >= 11 is 0. The van der Waals surface area contributed by atoms with Gasteiger partial charge in [0.05, 0.1) is 5.84 Å². The van der Waals surface area contributed by atoms with Gasteiger partial charge in [-0.1, -0.05) is 20.8 Å². The van der Waals surface area contributed by atoms with Gasteiger partial charge >= 0.3 is 0 Å². The van der Waals surface area contributed by atoms with E-state index in [9.17, 15) is 0 Å². The minimum atomic E-state index is 0.317. The van der Waals surface area contributed by atoms with Gasteiger partial charge in [0.25, 0.3) is 0 Å². The van der Waals surface area contributed by atoms with E-state index in [2.05, 4.69) is 51.6 Å². The fourth-order valence-corrected chi connectivity index (χ4v) is 1.13. The second-order valence-electron chi connectivity index (χ2n) is 5.08. The summed E-state index contributed by atoms with van der Waals surface area (Å²) in [6, 6.07) is 0.529. The van der Waals surface area contributed by atoms with E-state index < -0.39 is 0 Å². The molecule has 78 valence electrons. The topological polar surface area (TPSA) is 15.6 Å². The van der Waals surface area contributed by atoms with Crippen molar-refractivity contribution in [2.75, 3.05) is 14.1 Å². The van der Waals surface area contributed by atoms with Crippen LogP contribution in [0.2, 0.25) is 0 Å². The van der Waals surface area contributed by atoms with E-state index in [1.807, 2.05) is 7.05 Å². The van der Waals surface area contributed by atoms with E-state index in [0.717, 1.165) is 6.42 Å². The van der Waals surface area contributed by atoms with E-state index in [-0.39, 0.29) is 0 Å². The van der Waals surface area contributed by atoms with E-state index in [1.54, 1.807) is 0 Å². The summed E-state index contributed by atoms with van der Waals surface area (Å²) in [4.78, 5) is 6.58. The van der Waals surface area contributed by atoms with Crippen LogP contribution in [-0.4, -0.2) is 30.9 Å². The average Bonchev–Trinajstić information content (AvgIpc) is 1.97. The van der Waals surface area contributed by atoms with E-state index in [1.165, 1.54) is 5.84 Å². The average molecular weight is 184 g/mol. The van der Waals surface area contributed by atoms with Gasteiger partial charge in [-0.2, -0.15) is 0 Å². The number of amidine groups is 1. The maximum Gasteiger partial charge on any atom is 0.0990 e. The molecule has 0 fully saturated rings. The van der Waals surface area contributed by atoms with Crippen LogP contribution in [0.15, 0.2) is 4.99 Å². The van der Waals surface area contributed by atoms with Crippen LogP contribution in [0, 0.1) is 5.41 Å². The molecule has 0 spiro atoms. The normalized spacial score (nSPS) is 13.7. The Morgan fingerprint density at radius 2 is 1.77 bits per heavy atom. The van der Waals surface area contributed by atoms with Gasteiger partial charge in [-0.05, 0) is 19.3 Å². The van der Waals surface area contributed by atoms with Gasteiger partial charge in [0.2, 0.25) is 0 Å². The zero-order valence-electron chi connectivity index (χ0n) is 10.2. The predicted molar refractivity (Wildman–Crippen MR) is 60.3 cm³/mol. The van der Waals surface area contributed by atoms with E-state index in [4.69, 9.17) is 0 Å². The first-order valence-corrected chi connectivity index (χ1v) is 4.96. The minimum absolute atomic E-state index is 0.317. The Labute approximate surface area is 83.0 Å². The Kier molecular flexibility index (Phi) is 4.45. The summed E-state index contributed by atoms with van der Waals surface area (Å²) in [6.45, 7) is 11.1. The quantitative estimate of drug-likeness (QED) is 0.476. The molecule has 0 bridgehead atoms. The van der Waals surface area contributed by atoms with Crippen molar-refractivity contribution in [2.45, 2.75) is 47.1 Å². The molecule has 0 aliphatic carbocycles. The highest BCUT2D eigenvalue weighted by Gasteiger charge is 2.17. The number of hydrogen-bond acceptors (Lipinski definition) is 1. The second kappa shape index (κ2) is 4.64. The largest absolute Gasteiger partial charge is 0.361 e. The molecule has 2 heteroatoms. The molecule has 0 unspecified atom stereocenters. The van der Waals surface area contributed by atoms with E-state index >= 15 is 0 Å². The van der Waals surface area contributed by atoms with Crippen LogP contribution in [0.1, 0.15) is 41.0 Å². The van der Waals surface area contributed by atoms with E-state index in [0.29, 0.717) is 11.5 Å². The Hall–Kier alpha value is -0.530. The maximum absolute atomic E-state index is 4.34. The molecule has 0 saturated carbocycles. The number of hydrogen-bond donors (Lipinski definition) is 0. The van der Waals surface area contributed by atoms with Gasteiger partial charge in [0, 0.05) is 26.6 Å². The number of aliphatic imine (C=N–C) groups is 1. The monoisotopic (exact) mass is 184 g/mol. The summed E-state index contributed by atoms with van der Waals surface area (Å²) in [6.07, 6.45) is 1.04. The molecule has 0 radical (unpaired) electrons. The highest BCUT2D eigenvalue weighted by Crippen LogP contribution is 2.20. The van der Waals surface area contributed by atoms with Gasteiger partial charge in [0.15, 0.2) is 0 Å². The second-order valence-corrected chi connectivity index (χ2v) is 5.08. The zero-order chi connectivity index (χ0) is 10.6. The molecule has 0 amide bonds. The molecule has 0 heterocycles. The molecular formula is C11H24N2. The molecule has 0 aromatic carbocycles. The molecule has 0 aromatic heterocycles. The summed E-state index contributed by atoms with van der Waals surface area (Å²) < 4.78 is 0. The summed E-state index contributed by atoms with van der Waals surface area (Å²) in [5, 5.41) is 0. The van der Waals surface area contributed by atoms with Crippen LogP contribution in [0.4, 0.5) is 0 Å². The molecule has 0 aliphatic rings. The van der Waals surface area contributed by atoms with Crippen molar-refractivity contribution in [1.29, 1.82) is 0 Å². The molecule has 2 nitrogen and oxygen atoms in total. The van der Waals surface area contributed by atoms with Crippen molar-refractivity contribution in [2.24, 2.45) is 10.4 Å². The van der Waals surface area contributed by atoms with Crippen LogP contribution in [0.5, 0.6) is 0 Å². The van der Waals surface area contributed by atoms with Crippen LogP contribution in [-0.2, 0) is 0 Å². The maximum atomic E-state index is 4.34. The standard InChI is InChI=1S/C11H24N2/c1-9(2)13(7)10(12-6)8-11(3,4)5/h9H,8H2,1-7H3/b12-10-. The first-order valence-electron chi connectivity index (χ1n) is 4.96. The van der Waals surface area contributed by atoms with Crippen LogP contribution in [0.3, 0.4) is 0 Å². The third kappa shape index (κ3) is 4.91. The van der Waals surface area contributed by atoms with Crippen molar-refractivity contribution >= 4 is 5.84 Å². The lowest BCUT2D eigenvalue weighted by Gasteiger charge is -2.29. The van der Waals surface area contributed by atoms with Crippen LogP contribution >= 0.6 is 0 Å². The lowest BCUT2D eigenvalue weighted by atomic mass is 9.91. The van der Waals surface area contributed by atoms with Crippen molar-refractivity contribution < 1.29 is 0 Å². The smallest absolute Gasteiger partial charge is 0.0990 e. The molecule has 0 N–H and O–H groups in total. The molecule has 0 aromatic rings. The van der Waals surface area contributed by atoms with Crippen molar-refractivity contribution in [1.82, 2.24) is 4.90 Å². The molecule has 0 saturated heterocycles. The Morgan fingerprint density at radius 1 is 1.31 bits per heavy atom. The SMILES string of the molecule is C/N=C(/CC(C)(C)C)N(C)C(C)C. The molecule has 0 rings (SSSR count).